The lowest BCUT2D eigenvalue weighted by molar-refractivity contribution is 0.0383. The average Bonchev–Trinajstić information content (AvgIpc) is 3.27. The van der Waals surface area contributed by atoms with Crippen LogP contribution in [0.3, 0.4) is 0 Å². The van der Waals surface area contributed by atoms with E-state index in [1.807, 2.05) is 24.3 Å². The minimum absolute atomic E-state index is 0.217. The first-order chi connectivity index (χ1) is 15.5. The first-order valence-electron chi connectivity index (χ1n) is 10.3. The molecular weight excluding hydrogens is 451 g/mol. The first-order valence-corrected chi connectivity index (χ1v) is 11.1. The summed E-state index contributed by atoms with van der Waals surface area (Å²) in [6.45, 7) is 4.48. The van der Waals surface area contributed by atoms with Crippen LogP contribution < -0.4 is 10.1 Å². The molecule has 1 N–H and O–H groups in total. The van der Waals surface area contributed by atoms with E-state index in [1.54, 1.807) is 36.1 Å². The number of carbonyl (C=O) groups is 1. The van der Waals surface area contributed by atoms with Crippen LogP contribution in [0.4, 0.5) is 0 Å². The molecule has 1 fully saturated rings. The Bertz CT molecular complexity index is 1100. The number of ether oxygens (including phenoxy) is 2. The zero-order chi connectivity index (χ0) is 22.5. The van der Waals surface area contributed by atoms with Gasteiger partial charge in [-0.15, -0.1) is 0 Å². The highest BCUT2D eigenvalue weighted by atomic mass is 35.5. The molecule has 3 aromatic rings. The molecule has 1 aliphatic rings. The Morgan fingerprint density at radius 1 is 1.12 bits per heavy atom. The number of nitrogens with one attached hydrogen (secondary N) is 1. The van der Waals surface area contributed by atoms with Crippen LogP contribution in [0, 0.1) is 0 Å². The van der Waals surface area contributed by atoms with Gasteiger partial charge in [-0.05, 0) is 36.4 Å². The fraction of sp³-hybridized carbons (Fsp3) is 0.304. The van der Waals surface area contributed by atoms with Crippen molar-refractivity contribution in [3.63, 3.8) is 0 Å². The molecule has 7 nitrogen and oxygen atoms in total. The Balaban J connectivity index is 1.61. The first kappa shape index (κ1) is 22.6. The third-order valence-electron chi connectivity index (χ3n) is 5.27. The fourth-order valence-corrected chi connectivity index (χ4v) is 3.82. The highest BCUT2D eigenvalue weighted by molar-refractivity contribution is 6.42. The summed E-state index contributed by atoms with van der Waals surface area (Å²) in [5.41, 5.74) is 2.54. The number of hydrogen-bond donors (Lipinski definition) is 1. The molecule has 0 aliphatic carbocycles. The van der Waals surface area contributed by atoms with Gasteiger partial charge in [-0.2, -0.15) is 5.10 Å². The highest BCUT2D eigenvalue weighted by Crippen LogP contribution is 2.28. The maximum atomic E-state index is 13.1. The van der Waals surface area contributed by atoms with Gasteiger partial charge in [0.05, 0.1) is 41.8 Å². The zero-order valence-electron chi connectivity index (χ0n) is 17.7. The predicted molar refractivity (Wildman–Crippen MR) is 125 cm³/mol. The fourth-order valence-electron chi connectivity index (χ4n) is 3.52. The number of carbonyl (C=O) groups excluding carboxylic acids is 1. The van der Waals surface area contributed by atoms with Crippen molar-refractivity contribution in [3.8, 4) is 22.7 Å². The molecule has 0 spiro atoms. The smallest absolute Gasteiger partial charge is 0.270 e. The molecule has 0 atom stereocenters. The highest BCUT2D eigenvalue weighted by Gasteiger charge is 2.19. The van der Waals surface area contributed by atoms with Crippen LogP contribution in [0.2, 0.25) is 10.0 Å². The average molecular weight is 475 g/mol. The van der Waals surface area contributed by atoms with Gasteiger partial charge in [0.1, 0.15) is 11.4 Å². The van der Waals surface area contributed by atoms with Gasteiger partial charge in [0.2, 0.25) is 0 Å². The summed E-state index contributed by atoms with van der Waals surface area (Å²) >= 11 is 12.3. The van der Waals surface area contributed by atoms with Crippen molar-refractivity contribution in [1.29, 1.82) is 0 Å². The maximum absolute atomic E-state index is 13.1. The molecule has 1 aromatic heterocycles. The third kappa shape index (κ3) is 5.24. The van der Waals surface area contributed by atoms with Gasteiger partial charge in [-0.1, -0.05) is 35.3 Å². The number of amides is 1. The van der Waals surface area contributed by atoms with Crippen molar-refractivity contribution in [2.24, 2.45) is 0 Å². The molecule has 0 saturated carbocycles. The van der Waals surface area contributed by atoms with Gasteiger partial charge < -0.3 is 14.8 Å². The van der Waals surface area contributed by atoms with Gasteiger partial charge in [0, 0.05) is 31.7 Å². The van der Waals surface area contributed by atoms with Gasteiger partial charge in [-0.3, -0.25) is 9.69 Å². The van der Waals surface area contributed by atoms with E-state index in [9.17, 15) is 4.79 Å². The Labute approximate surface area is 196 Å². The second-order valence-electron chi connectivity index (χ2n) is 7.37. The van der Waals surface area contributed by atoms with Crippen molar-refractivity contribution >= 4 is 29.1 Å². The van der Waals surface area contributed by atoms with E-state index in [4.69, 9.17) is 32.7 Å². The van der Waals surface area contributed by atoms with Crippen LogP contribution in [0.25, 0.3) is 16.9 Å². The van der Waals surface area contributed by atoms with E-state index in [1.165, 1.54) is 0 Å². The minimum atomic E-state index is -0.217. The lowest BCUT2D eigenvalue weighted by atomic mass is 10.1. The second-order valence-corrected chi connectivity index (χ2v) is 8.18. The summed E-state index contributed by atoms with van der Waals surface area (Å²) in [4.78, 5) is 15.4. The molecule has 168 valence electrons. The van der Waals surface area contributed by atoms with Crippen LogP contribution in [0.15, 0.2) is 48.5 Å². The van der Waals surface area contributed by atoms with E-state index < -0.39 is 0 Å². The van der Waals surface area contributed by atoms with Gasteiger partial charge in [0.25, 0.3) is 5.91 Å². The van der Waals surface area contributed by atoms with Crippen molar-refractivity contribution in [1.82, 2.24) is 20.0 Å². The standard InChI is InChI=1S/C23H24Cl2N4O3/c1-31-18-4-2-3-16(13-18)21-15-22(23(30)26-7-8-28-9-11-32-12-10-28)29(27-21)17-5-6-19(24)20(25)14-17/h2-6,13-15H,7-12H2,1H3,(H,26,30). The summed E-state index contributed by atoms with van der Waals surface area (Å²) < 4.78 is 12.3. The number of aromatic nitrogens is 2. The molecule has 1 aliphatic heterocycles. The largest absolute Gasteiger partial charge is 0.497 e. The minimum Gasteiger partial charge on any atom is -0.497 e. The van der Waals surface area contributed by atoms with Gasteiger partial charge >= 0.3 is 0 Å². The van der Waals surface area contributed by atoms with Crippen molar-refractivity contribution in [2.75, 3.05) is 46.5 Å². The van der Waals surface area contributed by atoms with Crippen molar-refractivity contribution in [2.45, 2.75) is 0 Å². The molecule has 0 bridgehead atoms. The van der Waals surface area contributed by atoms with E-state index in [0.29, 0.717) is 39.4 Å². The molecule has 0 unspecified atom stereocenters. The molecule has 1 amide bonds. The molecule has 9 heteroatoms. The number of benzene rings is 2. The molecule has 4 rings (SSSR count). The molecular formula is C23H24Cl2N4O3. The number of morpholine rings is 1. The summed E-state index contributed by atoms with van der Waals surface area (Å²) in [5.74, 6) is 0.495. The molecule has 0 radical (unpaired) electrons. The predicted octanol–water partition coefficient (Wildman–Crippen LogP) is 3.92. The molecule has 1 saturated heterocycles. The summed E-state index contributed by atoms with van der Waals surface area (Å²) in [5, 5.41) is 8.52. The Morgan fingerprint density at radius 2 is 1.94 bits per heavy atom. The lowest BCUT2D eigenvalue weighted by Gasteiger charge is -2.26. The van der Waals surface area contributed by atoms with Crippen LogP contribution in [0.1, 0.15) is 10.5 Å². The van der Waals surface area contributed by atoms with Crippen LogP contribution in [-0.2, 0) is 4.74 Å². The Morgan fingerprint density at radius 3 is 2.69 bits per heavy atom. The topological polar surface area (TPSA) is 68.6 Å². The number of halogens is 2. The number of nitrogens with zero attached hydrogens (tertiary/aromatic N) is 3. The van der Waals surface area contributed by atoms with Gasteiger partial charge in [-0.25, -0.2) is 4.68 Å². The maximum Gasteiger partial charge on any atom is 0.270 e. The molecule has 2 heterocycles. The summed E-state index contributed by atoms with van der Waals surface area (Å²) in [6.07, 6.45) is 0. The monoisotopic (exact) mass is 474 g/mol. The van der Waals surface area contributed by atoms with Crippen LogP contribution in [-0.4, -0.2) is 67.1 Å². The van der Waals surface area contributed by atoms with Crippen molar-refractivity contribution < 1.29 is 14.3 Å². The summed E-state index contributed by atoms with van der Waals surface area (Å²) in [6, 6.07) is 14.5. The summed E-state index contributed by atoms with van der Waals surface area (Å²) in [7, 11) is 1.61. The third-order valence-corrected chi connectivity index (χ3v) is 6.01. The normalized spacial score (nSPS) is 14.3. The van der Waals surface area contributed by atoms with Gasteiger partial charge in [0.15, 0.2) is 0 Å². The molecule has 32 heavy (non-hydrogen) atoms. The Kier molecular flexibility index (Phi) is 7.32. The van der Waals surface area contributed by atoms with E-state index >= 15 is 0 Å². The van der Waals surface area contributed by atoms with E-state index in [0.717, 1.165) is 38.4 Å². The lowest BCUT2D eigenvalue weighted by Crippen LogP contribution is -2.41. The van der Waals surface area contributed by atoms with Crippen LogP contribution >= 0.6 is 23.2 Å². The zero-order valence-corrected chi connectivity index (χ0v) is 19.2. The van der Waals surface area contributed by atoms with E-state index in [-0.39, 0.29) is 5.91 Å². The SMILES string of the molecule is COc1cccc(-c2cc(C(=O)NCCN3CCOCC3)n(-c3ccc(Cl)c(Cl)c3)n2)c1. The number of methoxy groups -OCH3 is 1. The second kappa shape index (κ2) is 10.4. The van der Waals surface area contributed by atoms with Crippen molar-refractivity contribution in [3.05, 3.63) is 64.3 Å². The molecule has 2 aromatic carbocycles. The van der Waals surface area contributed by atoms with Crippen LogP contribution in [0.5, 0.6) is 5.75 Å². The van der Waals surface area contributed by atoms with E-state index in [2.05, 4.69) is 15.3 Å². The Hall–Kier alpha value is -2.58. The number of rotatable bonds is 7. The quantitative estimate of drug-likeness (QED) is 0.561. The number of hydrogen-bond acceptors (Lipinski definition) is 5.